The quantitative estimate of drug-likeness (QED) is 0.737. The zero-order valence-corrected chi connectivity index (χ0v) is 12.6. The van der Waals surface area contributed by atoms with Crippen LogP contribution >= 0.6 is 34.5 Å². The number of aromatic carboxylic acids is 1. The van der Waals surface area contributed by atoms with E-state index >= 15 is 0 Å². The number of pyridine rings is 1. The van der Waals surface area contributed by atoms with Gasteiger partial charge in [0.05, 0.1) is 20.8 Å². The van der Waals surface area contributed by atoms with Crippen LogP contribution in [0.2, 0.25) is 10.0 Å². The number of hydrogen-bond donors (Lipinski definition) is 2. The molecule has 0 bridgehead atoms. The van der Waals surface area contributed by atoms with Crippen molar-refractivity contribution in [2.24, 2.45) is 0 Å². The first-order valence-corrected chi connectivity index (χ1v) is 7.32. The van der Waals surface area contributed by atoms with E-state index in [1.807, 2.05) is 12.1 Å². The average Bonchev–Trinajstić information content (AvgIpc) is 2.82. The summed E-state index contributed by atoms with van der Waals surface area (Å²) in [5, 5.41) is 13.3. The molecular weight excluding hydrogens is 333 g/mol. The first-order chi connectivity index (χ1) is 10.0. The van der Waals surface area contributed by atoms with Crippen LogP contribution in [-0.4, -0.2) is 21.0 Å². The summed E-state index contributed by atoms with van der Waals surface area (Å²) in [4.78, 5) is 19.2. The molecule has 0 spiro atoms. The third kappa shape index (κ3) is 2.92. The van der Waals surface area contributed by atoms with Gasteiger partial charge in [-0.2, -0.15) is 0 Å². The van der Waals surface area contributed by atoms with E-state index in [0.29, 0.717) is 16.0 Å². The predicted molar refractivity (Wildman–Crippen MR) is 84.1 cm³/mol. The third-order valence-electron chi connectivity index (χ3n) is 2.66. The van der Waals surface area contributed by atoms with Gasteiger partial charge in [-0.3, -0.25) is 0 Å². The highest BCUT2D eigenvalue weighted by molar-refractivity contribution is 7.22. The molecule has 0 saturated heterocycles. The van der Waals surface area contributed by atoms with Crippen LogP contribution in [0.1, 0.15) is 10.4 Å². The molecule has 1 aromatic carbocycles. The third-order valence-corrected chi connectivity index (χ3v) is 4.12. The Bertz CT molecular complexity index is 851. The lowest BCUT2D eigenvalue weighted by atomic mass is 10.3. The molecule has 106 valence electrons. The number of aromatic nitrogens is 2. The highest BCUT2D eigenvalue weighted by atomic mass is 35.5. The van der Waals surface area contributed by atoms with Crippen molar-refractivity contribution in [2.45, 2.75) is 0 Å². The predicted octanol–water partition coefficient (Wildman–Crippen LogP) is 4.44. The molecule has 0 amide bonds. The molecule has 5 nitrogen and oxygen atoms in total. The van der Waals surface area contributed by atoms with Crippen molar-refractivity contribution in [1.82, 2.24) is 9.97 Å². The maximum atomic E-state index is 10.8. The summed E-state index contributed by atoms with van der Waals surface area (Å²) in [7, 11) is 0. The van der Waals surface area contributed by atoms with Crippen molar-refractivity contribution >= 4 is 61.7 Å². The lowest BCUT2D eigenvalue weighted by Crippen LogP contribution is -2.00. The molecule has 2 aromatic heterocycles. The van der Waals surface area contributed by atoms with Gasteiger partial charge in [0.2, 0.25) is 0 Å². The molecule has 2 heterocycles. The molecule has 21 heavy (non-hydrogen) atoms. The first-order valence-electron chi connectivity index (χ1n) is 5.75. The minimum atomic E-state index is -1.08. The zero-order chi connectivity index (χ0) is 15.0. The van der Waals surface area contributed by atoms with Gasteiger partial charge in [-0.25, -0.2) is 14.8 Å². The average molecular weight is 340 g/mol. The van der Waals surface area contributed by atoms with Crippen LogP contribution in [0.15, 0.2) is 30.5 Å². The summed E-state index contributed by atoms with van der Waals surface area (Å²) in [6.45, 7) is 0. The first kappa shape index (κ1) is 14.1. The van der Waals surface area contributed by atoms with E-state index in [0.717, 1.165) is 10.2 Å². The molecule has 2 N–H and O–H groups in total. The summed E-state index contributed by atoms with van der Waals surface area (Å²) in [6, 6.07) is 6.74. The standard InChI is InChI=1S/C13H7Cl2N3O2S/c14-7-1-2-9-10(4-7)21-13(17-9)18-11-8(15)3-6(5-16-11)12(19)20/h1-5H,(H,19,20)(H,16,17,18). The number of carbonyl (C=O) groups is 1. The number of fused-ring (bicyclic) bond motifs is 1. The number of nitrogens with zero attached hydrogens (tertiary/aromatic N) is 2. The molecule has 0 saturated carbocycles. The molecule has 0 radical (unpaired) electrons. The summed E-state index contributed by atoms with van der Waals surface area (Å²) < 4.78 is 0.934. The van der Waals surface area contributed by atoms with Crippen LogP contribution in [0.25, 0.3) is 10.2 Å². The largest absolute Gasteiger partial charge is 0.478 e. The second-order valence-electron chi connectivity index (χ2n) is 4.12. The second kappa shape index (κ2) is 5.48. The van der Waals surface area contributed by atoms with E-state index in [1.54, 1.807) is 6.07 Å². The van der Waals surface area contributed by atoms with Crippen LogP contribution < -0.4 is 5.32 Å². The van der Waals surface area contributed by atoms with Crippen molar-refractivity contribution in [3.05, 3.63) is 46.1 Å². The molecule has 0 unspecified atom stereocenters. The highest BCUT2D eigenvalue weighted by Gasteiger charge is 2.11. The van der Waals surface area contributed by atoms with Gasteiger partial charge in [-0.1, -0.05) is 34.5 Å². The smallest absolute Gasteiger partial charge is 0.337 e. The molecule has 3 rings (SSSR count). The number of rotatable bonds is 3. The Hall–Kier alpha value is -1.89. The Morgan fingerprint density at radius 1 is 1.29 bits per heavy atom. The number of halogens is 2. The summed E-state index contributed by atoms with van der Waals surface area (Å²) in [6.07, 6.45) is 1.24. The van der Waals surface area contributed by atoms with Gasteiger partial charge in [0.25, 0.3) is 0 Å². The number of carboxylic acids is 1. The van der Waals surface area contributed by atoms with Crippen molar-refractivity contribution in [3.8, 4) is 0 Å². The van der Waals surface area contributed by atoms with Crippen LogP contribution in [0.3, 0.4) is 0 Å². The maximum Gasteiger partial charge on any atom is 0.337 e. The van der Waals surface area contributed by atoms with Crippen molar-refractivity contribution in [3.63, 3.8) is 0 Å². The number of carboxylic acid groups (broad SMARTS) is 1. The molecule has 0 aliphatic heterocycles. The number of hydrogen-bond acceptors (Lipinski definition) is 5. The van der Waals surface area contributed by atoms with E-state index in [9.17, 15) is 4.79 Å². The highest BCUT2D eigenvalue weighted by Crippen LogP contribution is 2.31. The molecule has 0 aliphatic carbocycles. The van der Waals surface area contributed by atoms with Gasteiger partial charge < -0.3 is 10.4 Å². The van der Waals surface area contributed by atoms with Crippen LogP contribution in [0, 0.1) is 0 Å². The normalized spacial score (nSPS) is 10.8. The van der Waals surface area contributed by atoms with E-state index < -0.39 is 5.97 Å². The number of benzene rings is 1. The van der Waals surface area contributed by atoms with Gasteiger partial charge in [-0.05, 0) is 24.3 Å². The fraction of sp³-hybridized carbons (Fsp3) is 0. The van der Waals surface area contributed by atoms with Gasteiger partial charge in [0, 0.05) is 11.2 Å². The zero-order valence-electron chi connectivity index (χ0n) is 10.3. The molecule has 0 atom stereocenters. The Morgan fingerprint density at radius 2 is 2.10 bits per heavy atom. The molecule has 8 heteroatoms. The molecule has 0 fully saturated rings. The SMILES string of the molecule is O=C(O)c1cnc(Nc2nc3ccc(Cl)cc3s2)c(Cl)c1. The second-order valence-corrected chi connectivity index (χ2v) is 5.99. The fourth-order valence-corrected chi connectivity index (χ4v) is 3.05. The lowest BCUT2D eigenvalue weighted by molar-refractivity contribution is 0.0696. The van der Waals surface area contributed by atoms with Crippen molar-refractivity contribution in [2.75, 3.05) is 5.32 Å². The summed E-state index contributed by atoms with van der Waals surface area (Å²) in [5.41, 5.74) is 0.840. The molecular formula is C13H7Cl2N3O2S. The Morgan fingerprint density at radius 3 is 2.81 bits per heavy atom. The van der Waals surface area contributed by atoms with Crippen LogP contribution in [0.5, 0.6) is 0 Å². The maximum absolute atomic E-state index is 10.8. The number of anilines is 2. The number of thiazole rings is 1. The van der Waals surface area contributed by atoms with Crippen LogP contribution in [0.4, 0.5) is 10.9 Å². The Kier molecular flexibility index (Phi) is 3.67. The lowest BCUT2D eigenvalue weighted by Gasteiger charge is -2.04. The van der Waals surface area contributed by atoms with Gasteiger partial charge >= 0.3 is 5.97 Å². The fourth-order valence-electron chi connectivity index (χ4n) is 1.70. The van der Waals surface area contributed by atoms with Gasteiger partial charge in [0.15, 0.2) is 10.9 Å². The Labute approximate surface area is 133 Å². The van der Waals surface area contributed by atoms with Crippen LogP contribution in [-0.2, 0) is 0 Å². The van der Waals surface area contributed by atoms with E-state index in [1.165, 1.54) is 23.6 Å². The topological polar surface area (TPSA) is 75.1 Å². The Balaban J connectivity index is 1.93. The van der Waals surface area contributed by atoms with Crippen molar-refractivity contribution in [1.29, 1.82) is 0 Å². The van der Waals surface area contributed by atoms with Gasteiger partial charge in [-0.15, -0.1) is 0 Å². The van der Waals surface area contributed by atoms with Crippen molar-refractivity contribution < 1.29 is 9.90 Å². The molecule has 3 aromatic rings. The summed E-state index contributed by atoms with van der Waals surface area (Å²) in [5.74, 6) is -0.725. The van der Waals surface area contributed by atoms with E-state index in [-0.39, 0.29) is 10.6 Å². The van der Waals surface area contributed by atoms with Gasteiger partial charge in [0.1, 0.15) is 0 Å². The summed E-state index contributed by atoms with van der Waals surface area (Å²) >= 11 is 13.3. The minimum Gasteiger partial charge on any atom is -0.478 e. The monoisotopic (exact) mass is 339 g/mol. The van der Waals surface area contributed by atoms with E-state index in [2.05, 4.69) is 15.3 Å². The molecule has 0 aliphatic rings. The number of nitrogens with one attached hydrogen (secondary N) is 1. The minimum absolute atomic E-state index is 0.0293. The van der Waals surface area contributed by atoms with E-state index in [4.69, 9.17) is 28.3 Å².